The third kappa shape index (κ3) is 4.39. The van der Waals surface area contributed by atoms with Gasteiger partial charge in [-0.3, -0.25) is 9.59 Å². The number of anilines is 1. The lowest BCUT2D eigenvalue weighted by molar-refractivity contribution is -0.137. The zero-order valence-corrected chi connectivity index (χ0v) is 11.9. The summed E-state index contributed by atoms with van der Waals surface area (Å²) in [5.41, 5.74) is 0. The van der Waals surface area contributed by atoms with E-state index in [1.54, 1.807) is 13.0 Å². The summed E-state index contributed by atoms with van der Waals surface area (Å²) in [5.74, 6) is 0.651. The van der Waals surface area contributed by atoms with E-state index in [1.807, 2.05) is 20.8 Å². The molecule has 2 amide bonds. The van der Waals surface area contributed by atoms with Crippen LogP contribution in [0.4, 0.5) is 5.82 Å². The molecule has 1 unspecified atom stereocenters. The molecular weight excluding hydrogens is 246 g/mol. The molecule has 1 atom stereocenters. The van der Waals surface area contributed by atoms with Gasteiger partial charge in [0.2, 0.25) is 11.8 Å². The average molecular weight is 267 g/mol. The first-order valence-corrected chi connectivity index (χ1v) is 6.49. The Labute approximate surface area is 113 Å². The first-order valence-electron chi connectivity index (χ1n) is 6.49. The van der Waals surface area contributed by atoms with E-state index in [0.717, 1.165) is 6.42 Å². The van der Waals surface area contributed by atoms with Crippen LogP contribution in [0.1, 0.15) is 33.0 Å². The molecule has 0 radical (unpaired) electrons. The minimum absolute atomic E-state index is 0.00326. The Kier molecular flexibility index (Phi) is 5.54. The van der Waals surface area contributed by atoms with Gasteiger partial charge in [0.05, 0.1) is 6.54 Å². The van der Waals surface area contributed by atoms with E-state index >= 15 is 0 Å². The van der Waals surface area contributed by atoms with Crippen LogP contribution in [0.3, 0.4) is 0 Å². The number of carbonyl (C=O) groups is 2. The summed E-state index contributed by atoms with van der Waals surface area (Å²) in [4.78, 5) is 25.4. The third-order valence-electron chi connectivity index (χ3n) is 2.96. The summed E-state index contributed by atoms with van der Waals surface area (Å²) in [5, 5.41) is 6.28. The van der Waals surface area contributed by atoms with Crippen molar-refractivity contribution in [1.29, 1.82) is 0 Å². The van der Waals surface area contributed by atoms with Crippen molar-refractivity contribution in [3.05, 3.63) is 11.8 Å². The van der Waals surface area contributed by atoms with Crippen LogP contribution in [0, 0.1) is 12.8 Å². The zero-order chi connectivity index (χ0) is 14.4. The van der Waals surface area contributed by atoms with E-state index in [0.29, 0.717) is 18.1 Å². The molecule has 1 aromatic heterocycles. The maximum Gasteiger partial charge on any atom is 0.245 e. The van der Waals surface area contributed by atoms with Gasteiger partial charge in [-0.25, -0.2) is 0 Å². The molecule has 1 aromatic rings. The minimum atomic E-state index is -0.271. The van der Waals surface area contributed by atoms with Crippen LogP contribution in [0.15, 0.2) is 10.6 Å². The number of aryl methyl sites for hydroxylation is 1. The van der Waals surface area contributed by atoms with E-state index in [2.05, 4.69) is 10.5 Å². The number of hydrogen-bond acceptors (Lipinski definition) is 4. The lowest BCUT2D eigenvalue weighted by atomic mass is 10.1. The summed E-state index contributed by atoms with van der Waals surface area (Å²) in [6, 6.07) is 1.63. The van der Waals surface area contributed by atoms with Gasteiger partial charge < -0.3 is 14.7 Å². The molecular formula is C13H21N3O3. The molecule has 0 saturated carbocycles. The number of nitrogens with zero attached hydrogens (tertiary/aromatic N) is 2. The Hall–Kier alpha value is -1.85. The van der Waals surface area contributed by atoms with Gasteiger partial charge in [-0.1, -0.05) is 19.0 Å². The molecule has 0 aliphatic heterocycles. The van der Waals surface area contributed by atoms with Crippen molar-refractivity contribution in [1.82, 2.24) is 10.1 Å². The van der Waals surface area contributed by atoms with Crippen molar-refractivity contribution in [3.8, 4) is 0 Å². The molecule has 0 bridgehead atoms. The number of nitrogens with one attached hydrogen (secondary N) is 1. The number of aromatic nitrogens is 1. The maximum absolute atomic E-state index is 12.0. The van der Waals surface area contributed by atoms with Gasteiger partial charge in [-0.2, -0.15) is 0 Å². The number of amides is 2. The van der Waals surface area contributed by atoms with Crippen molar-refractivity contribution in [2.24, 2.45) is 5.92 Å². The highest BCUT2D eigenvalue weighted by Gasteiger charge is 2.20. The van der Waals surface area contributed by atoms with Gasteiger partial charge in [-0.05, 0) is 20.3 Å². The lowest BCUT2D eigenvalue weighted by Gasteiger charge is -2.23. The number of hydrogen-bond donors (Lipinski definition) is 1. The fraction of sp³-hybridized carbons (Fsp3) is 0.615. The lowest BCUT2D eigenvalue weighted by Crippen LogP contribution is -2.40. The molecule has 0 saturated heterocycles. The average Bonchev–Trinajstić information content (AvgIpc) is 2.79. The van der Waals surface area contributed by atoms with Crippen molar-refractivity contribution in [2.75, 3.05) is 18.4 Å². The predicted octanol–water partition coefficient (Wildman–Crippen LogP) is 1.82. The van der Waals surface area contributed by atoms with Crippen LogP contribution in [0.25, 0.3) is 0 Å². The standard InChI is InChI=1S/C13H21N3O3/c1-5-9(3)13(18)16(6-2)8-12(17)14-11-7-10(4)19-15-11/h7,9H,5-6,8H2,1-4H3,(H,14,15,17). The molecule has 0 fully saturated rings. The monoisotopic (exact) mass is 267 g/mol. The Morgan fingerprint density at radius 2 is 2.16 bits per heavy atom. The van der Waals surface area contributed by atoms with E-state index in [1.165, 1.54) is 4.90 Å². The number of carbonyl (C=O) groups excluding carboxylic acids is 2. The van der Waals surface area contributed by atoms with Crippen molar-refractivity contribution < 1.29 is 14.1 Å². The molecule has 1 heterocycles. The topological polar surface area (TPSA) is 75.4 Å². The molecule has 1 N–H and O–H groups in total. The quantitative estimate of drug-likeness (QED) is 0.853. The second kappa shape index (κ2) is 6.92. The van der Waals surface area contributed by atoms with Crippen molar-refractivity contribution in [3.63, 3.8) is 0 Å². The zero-order valence-electron chi connectivity index (χ0n) is 11.9. The summed E-state index contributed by atoms with van der Waals surface area (Å²) in [7, 11) is 0. The molecule has 6 nitrogen and oxygen atoms in total. The first-order chi connectivity index (χ1) is 8.97. The van der Waals surface area contributed by atoms with E-state index in [4.69, 9.17) is 4.52 Å². The Balaban J connectivity index is 2.56. The van der Waals surface area contributed by atoms with Crippen LogP contribution in [-0.2, 0) is 9.59 Å². The summed E-state index contributed by atoms with van der Waals surface area (Å²) in [6.07, 6.45) is 0.763. The highest BCUT2D eigenvalue weighted by molar-refractivity contribution is 5.94. The molecule has 0 aliphatic carbocycles. The minimum Gasteiger partial charge on any atom is -0.360 e. The molecule has 19 heavy (non-hydrogen) atoms. The van der Waals surface area contributed by atoms with Gasteiger partial charge >= 0.3 is 0 Å². The summed E-state index contributed by atoms with van der Waals surface area (Å²) in [6.45, 7) is 7.96. The largest absolute Gasteiger partial charge is 0.360 e. The molecule has 1 rings (SSSR count). The van der Waals surface area contributed by atoms with Gasteiger partial charge in [0.25, 0.3) is 0 Å². The second-order valence-electron chi connectivity index (χ2n) is 4.53. The van der Waals surface area contributed by atoms with E-state index in [9.17, 15) is 9.59 Å². The molecule has 0 aromatic carbocycles. The number of likely N-dealkylation sites (N-methyl/N-ethyl adjacent to an activating group) is 1. The van der Waals surface area contributed by atoms with Crippen LogP contribution < -0.4 is 5.32 Å². The van der Waals surface area contributed by atoms with Gasteiger partial charge in [0.1, 0.15) is 5.76 Å². The third-order valence-corrected chi connectivity index (χ3v) is 2.96. The normalized spacial score (nSPS) is 12.0. The van der Waals surface area contributed by atoms with Crippen LogP contribution in [0.5, 0.6) is 0 Å². The first kappa shape index (κ1) is 15.2. The van der Waals surface area contributed by atoms with E-state index < -0.39 is 0 Å². The molecule has 0 spiro atoms. The summed E-state index contributed by atoms with van der Waals surface area (Å²) < 4.78 is 4.85. The van der Waals surface area contributed by atoms with Crippen molar-refractivity contribution in [2.45, 2.75) is 34.1 Å². The van der Waals surface area contributed by atoms with Gasteiger partial charge in [0.15, 0.2) is 5.82 Å². The highest BCUT2D eigenvalue weighted by atomic mass is 16.5. The fourth-order valence-corrected chi connectivity index (χ4v) is 1.61. The van der Waals surface area contributed by atoms with Crippen LogP contribution >= 0.6 is 0 Å². The molecule has 106 valence electrons. The van der Waals surface area contributed by atoms with Gasteiger partial charge in [-0.15, -0.1) is 0 Å². The SMILES string of the molecule is CCC(C)C(=O)N(CC)CC(=O)Nc1cc(C)on1. The van der Waals surface area contributed by atoms with Crippen molar-refractivity contribution >= 4 is 17.6 Å². The second-order valence-corrected chi connectivity index (χ2v) is 4.53. The summed E-state index contributed by atoms with van der Waals surface area (Å²) >= 11 is 0. The Morgan fingerprint density at radius 1 is 1.47 bits per heavy atom. The Bertz CT molecular complexity index is 442. The predicted molar refractivity (Wildman–Crippen MR) is 71.6 cm³/mol. The number of rotatable bonds is 6. The fourth-order valence-electron chi connectivity index (χ4n) is 1.61. The smallest absolute Gasteiger partial charge is 0.245 e. The van der Waals surface area contributed by atoms with Crippen LogP contribution in [-0.4, -0.2) is 35.0 Å². The maximum atomic E-state index is 12.0. The highest BCUT2D eigenvalue weighted by Crippen LogP contribution is 2.09. The van der Waals surface area contributed by atoms with E-state index in [-0.39, 0.29) is 24.3 Å². The van der Waals surface area contributed by atoms with Crippen LogP contribution in [0.2, 0.25) is 0 Å². The Morgan fingerprint density at radius 3 is 2.63 bits per heavy atom. The molecule has 0 aliphatic rings. The van der Waals surface area contributed by atoms with Gasteiger partial charge in [0, 0.05) is 18.5 Å². The molecule has 6 heteroatoms.